The zero-order valence-electron chi connectivity index (χ0n) is 10.3. The van der Waals surface area contributed by atoms with Gasteiger partial charge in [-0.15, -0.1) is 0 Å². The molecule has 0 saturated heterocycles. The summed E-state index contributed by atoms with van der Waals surface area (Å²) in [7, 11) is 3.30. The van der Waals surface area contributed by atoms with Gasteiger partial charge in [0.25, 0.3) is 0 Å². The smallest absolute Gasteiger partial charge is 0.123 e. The van der Waals surface area contributed by atoms with E-state index in [0.717, 1.165) is 17.1 Å². The Morgan fingerprint density at radius 1 is 1.19 bits per heavy atom. The number of rotatable bonds is 5. The van der Waals surface area contributed by atoms with Crippen molar-refractivity contribution in [3.8, 4) is 11.5 Å². The zero-order valence-corrected chi connectivity index (χ0v) is 10.3. The number of nitrogens with two attached hydrogens (primary N) is 1. The molecule has 4 heteroatoms. The van der Waals surface area contributed by atoms with Crippen LogP contribution in [0.5, 0.6) is 11.5 Å². The van der Waals surface area contributed by atoms with Gasteiger partial charge in [-0.2, -0.15) is 0 Å². The van der Waals surface area contributed by atoms with Crippen molar-refractivity contribution in [3.63, 3.8) is 0 Å². The van der Waals surface area contributed by atoms with Gasteiger partial charge in [-0.25, -0.2) is 0 Å². The molecule has 1 rings (SSSR count). The van der Waals surface area contributed by atoms with Gasteiger partial charge in [-0.05, 0) is 24.1 Å². The van der Waals surface area contributed by atoms with Gasteiger partial charge in [0.1, 0.15) is 11.5 Å². The van der Waals surface area contributed by atoms with Crippen LogP contribution in [0.4, 0.5) is 0 Å². The summed E-state index contributed by atoms with van der Waals surface area (Å²) in [6.07, 6.45) is 0. The Balaban J connectivity index is 3.15. The van der Waals surface area contributed by atoms with Gasteiger partial charge >= 0.3 is 0 Å². The number of hydrogen-bond donors (Lipinski definition) is 2. The highest BCUT2D eigenvalue weighted by molar-refractivity contribution is 5.42. The van der Waals surface area contributed by atoms with Crippen molar-refractivity contribution in [1.29, 1.82) is 0 Å². The number of methoxy groups -OCH3 is 2. The summed E-state index contributed by atoms with van der Waals surface area (Å²) in [6, 6.07) is 5.76. The largest absolute Gasteiger partial charge is 0.497 e. The molecule has 0 aliphatic carbocycles. The minimum absolute atomic E-state index is 0.0463. The Kier molecular flexibility index (Phi) is 4.58. The fraction of sp³-hybridized carbons (Fsp3) is 0.500. The molecule has 0 bridgehead atoms. The number of nitrogens with one attached hydrogen (secondary N) is 1. The number of hydrogen-bond acceptors (Lipinski definition) is 4. The van der Waals surface area contributed by atoms with E-state index in [0.29, 0.717) is 5.92 Å². The van der Waals surface area contributed by atoms with Crippen molar-refractivity contribution >= 4 is 0 Å². The van der Waals surface area contributed by atoms with Gasteiger partial charge < -0.3 is 9.47 Å². The standard InChI is InChI=1S/C12H20N2O2/c1-8(2)12(14-13)10-7-9(15-3)5-6-11(10)16-4/h5-8,12,14H,13H2,1-4H3. The molecule has 1 atom stereocenters. The molecular formula is C12H20N2O2. The van der Waals surface area contributed by atoms with Crippen LogP contribution < -0.4 is 20.7 Å². The highest BCUT2D eigenvalue weighted by Crippen LogP contribution is 2.32. The summed E-state index contributed by atoms with van der Waals surface area (Å²) < 4.78 is 10.5. The summed E-state index contributed by atoms with van der Waals surface area (Å²) in [4.78, 5) is 0. The van der Waals surface area contributed by atoms with E-state index in [1.807, 2.05) is 18.2 Å². The van der Waals surface area contributed by atoms with Crippen LogP contribution in [-0.4, -0.2) is 14.2 Å². The molecule has 1 aromatic carbocycles. The molecule has 3 N–H and O–H groups in total. The predicted molar refractivity (Wildman–Crippen MR) is 64.4 cm³/mol. The molecule has 0 fully saturated rings. The second-order valence-corrected chi connectivity index (χ2v) is 4.00. The van der Waals surface area contributed by atoms with Crippen LogP contribution in [0.3, 0.4) is 0 Å². The van der Waals surface area contributed by atoms with Crippen molar-refractivity contribution in [2.45, 2.75) is 19.9 Å². The molecule has 90 valence electrons. The van der Waals surface area contributed by atoms with E-state index >= 15 is 0 Å². The highest BCUT2D eigenvalue weighted by Gasteiger charge is 2.18. The van der Waals surface area contributed by atoms with Gasteiger partial charge in [0, 0.05) is 5.56 Å². The molecule has 0 radical (unpaired) electrons. The van der Waals surface area contributed by atoms with E-state index in [4.69, 9.17) is 15.3 Å². The molecule has 0 saturated carbocycles. The molecule has 0 aromatic heterocycles. The number of ether oxygens (including phenoxy) is 2. The molecule has 0 spiro atoms. The maximum atomic E-state index is 5.57. The first-order valence-corrected chi connectivity index (χ1v) is 5.32. The monoisotopic (exact) mass is 224 g/mol. The molecule has 0 heterocycles. The van der Waals surface area contributed by atoms with Crippen molar-refractivity contribution in [2.24, 2.45) is 11.8 Å². The molecular weight excluding hydrogens is 204 g/mol. The lowest BCUT2D eigenvalue weighted by atomic mass is 9.95. The molecule has 1 aromatic rings. The lowest BCUT2D eigenvalue weighted by molar-refractivity contribution is 0.367. The topological polar surface area (TPSA) is 56.5 Å². The van der Waals surface area contributed by atoms with Crippen LogP contribution in [0, 0.1) is 5.92 Å². The van der Waals surface area contributed by atoms with Gasteiger partial charge in [-0.1, -0.05) is 13.8 Å². The highest BCUT2D eigenvalue weighted by atomic mass is 16.5. The maximum Gasteiger partial charge on any atom is 0.123 e. The molecule has 0 amide bonds. The van der Waals surface area contributed by atoms with E-state index in [1.165, 1.54) is 0 Å². The molecule has 4 nitrogen and oxygen atoms in total. The Hall–Kier alpha value is -1.26. The zero-order chi connectivity index (χ0) is 12.1. The minimum atomic E-state index is 0.0463. The first-order chi connectivity index (χ1) is 7.63. The van der Waals surface area contributed by atoms with E-state index < -0.39 is 0 Å². The second-order valence-electron chi connectivity index (χ2n) is 4.00. The molecule has 0 aliphatic heterocycles. The summed E-state index contributed by atoms with van der Waals surface area (Å²) in [6.45, 7) is 4.20. The van der Waals surface area contributed by atoms with Gasteiger partial charge in [-0.3, -0.25) is 11.3 Å². The van der Waals surface area contributed by atoms with Crippen LogP contribution >= 0.6 is 0 Å². The van der Waals surface area contributed by atoms with Crippen LogP contribution in [0.1, 0.15) is 25.5 Å². The normalized spacial score (nSPS) is 12.6. The fourth-order valence-electron chi connectivity index (χ4n) is 1.72. The Morgan fingerprint density at radius 3 is 2.31 bits per heavy atom. The van der Waals surface area contributed by atoms with Gasteiger partial charge in [0.2, 0.25) is 0 Å². The van der Waals surface area contributed by atoms with Crippen LogP contribution in [0.2, 0.25) is 0 Å². The van der Waals surface area contributed by atoms with Crippen molar-refractivity contribution in [1.82, 2.24) is 5.43 Å². The summed E-state index contributed by atoms with van der Waals surface area (Å²) >= 11 is 0. The lowest BCUT2D eigenvalue weighted by Gasteiger charge is -2.22. The number of benzene rings is 1. The first kappa shape index (κ1) is 12.8. The van der Waals surface area contributed by atoms with Crippen molar-refractivity contribution < 1.29 is 9.47 Å². The number of hydrazine groups is 1. The fourth-order valence-corrected chi connectivity index (χ4v) is 1.72. The van der Waals surface area contributed by atoms with Gasteiger partial charge in [0.15, 0.2) is 0 Å². The summed E-state index contributed by atoms with van der Waals surface area (Å²) in [5.74, 6) is 7.56. The van der Waals surface area contributed by atoms with Crippen molar-refractivity contribution in [3.05, 3.63) is 23.8 Å². The Labute approximate surface area is 96.7 Å². The maximum absolute atomic E-state index is 5.57. The van der Waals surface area contributed by atoms with Crippen LogP contribution in [0.25, 0.3) is 0 Å². The summed E-state index contributed by atoms with van der Waals surface area (Å²) in [5, 5.41) is 0. The third-order valence-electron chi connectivity index (χ3n) is 2.62. The van der Waals surface area contributed by atoms with E-state index in [2.05, 4.69) is 19.3 Å². The third-order valence-corrected chi connectivity index (χ3v) is 2.62. The molecule has 16 heavy (non-hydrogen) atoms. The Morgan fingerprint density at radius 2 is 1.88 bits per heavy atom. The van der Waals surface area contributed by atoms with E-state index in [9.17, 15) is 0 Å². The molecule has 0 aliphatic rings. The van der Waals surface area contributed by atoms with Gasteiger partial charge in [0.05, 0.1) is 20.3 Å². The quantitative estimate of drug-likeness (QED) is 0.592. The van der Waals surface area contributed by atoms with E-state index in [1.54, 1.807) is 14.2 Å². The van der Waals surface area contributed by atoms with Crippen LogP contribution in [0.15, 0.2) is 18.2 Å². The average Bonchev–Trinajstić information content (AvgIpc) is 2.29. The minimum Gasteiger partial charge on any atom is -0.497 e. The third kappa shape index (κ3) is 2.65. The lowest BCUT2D eigenvalue weighted by Crippen LogP contribution is -2.31. The van der Waals surface area contributed by atoms with E-state index in [-0.39, 0.29) is 6.04 Å². The predicted octanol–water partition coefficient (Wildman–Crippen LogP) is 1.86. The van der Waals surface area contributed by atoms with Crippen LogP contribution in [-0.2, 0) is 0 Å². The SMILES string of the molecule is COc1ccc(OC)c(C(NN)C(C)C)c1. The molecule has 1 unspecified atom stereocenters. The average molecular weight is 224 g/mol. The Bertz CT molecular complexity index is 340. The first-order valence-electron chi connectivity index (χ1n) is 5.32. The second kappa shape index (κ2) is 5.72. The van der Waals surface area contributed by atoms with Crippen molar-refractivity contribution in [2.75, 3.05) is 14.2 Å². The summed E-state index contributed by atoms with van der Waals surface area (Å²) in [5.41, 5.74) is 3.82.